The Kier molecular flexibility index (Phi) is 5.22. The summed E-state index contributed by atoms with van der Waals surface area (Å²) < 4.78 is 0. The molecule has 0 spiro atoms. The van der Waals surface area contributed by atoms with Crippen molar-refractivity contribution < 1.29 is 39.5 Å². The van der Waals surface area contributed by atoms with E-state index in [-0.39, 0.29) is 35.1 Å². The molecule has 0 amide bonds. The predicted octanol–water partition coefficient (Wildman–Crippen LogP) is -2.38. The van der Waals surface area contributed by atoms with E-state index in [2.05, 4.69) is 0 Å². The standard InChI is InChI=1S/C9H10O2.Na/c1-2-7-4-3-5-8(6-7)9(10)11;/h3-6H,2H2,1H3,(H,10,11);/q;+1/p-1. The first-order valence-corrected chi connectivity index (χ1v) is 3.54. The summed E-state index contributed by atoms with van der Waals surface area (Å²) in [6.07, 6.45) is 0.848. The van der Waals surface area contributed by atoms with Crippen LogP contribution in [0.4, 0.5) is 0 Å². The van der Waals surface area contributed by atoms with E-state index in [1.165, 1.54) is 6.07 Å². The van der Waals surface area contributed by atoms with Crippen LogP contribution >= 0.6 is 0 Å². The molecule has 0 N–H and O–H groups in total. The van der Waals surface area contributed by atoms with Crippen LogP contribution in [0.1, 0.15) is 22.8 Å². The summed E-state index contributed by atoms with van der Waals surface area (Å²) in [4.78, 5) is 10.4. The average Bonchev–Trinajstić information content (AvgIpc) is 2.05. The molecule has 0 heterocycles. The second-order valence-corrected chi connectivity index (χ2v) is 2.34. The molecule has 0 bridgehead atoms. The second-order valence-electron chi connectivity index (χ2n) is 2.34. The Morgan fingerprint density at radius 1 is 1.50 bits per heavy atom. The first-order valence-electron chi connectivity index (χ1n) is 3.54. The van der Waals surface area contributed by atoms with Crippen molar-refractivity contribution in [3.63, 3.8) is 0 Å². The Morgan fingerprint density at radius 3 is 2.67 bits per heavy atom. The number of carbonyl (C=O) groups is 1. The van der Waals surface area contributed by atoms with Crippen LogP contribution in [0.3, 0.4) is 0 Å². The number of carbonyl (C=O) groups excluding carboxylic acids is 1. The van der Waals surface area contributed by atoms with Crippen LogP contribution in [0.5, 0.6) is 0 Å². The largest absolute Gasteiger partial charge is 1.00 e. The Labute approximate surface area is 93.9 Å². The number of carboxylic acids is 1. The van der Waals surface area contributed by atoms with Gasteiger partial charge in [-0.2, -0.15) is 0 Å². The van der Waals surface area contributed by atoms with Gasteiger partial charge in [-0.05, 0) is 23.6 Å². The third-order valence-electron chi connectivity index (χ3n) is 1.57. The van der Waals surface area contributed by atoms with Gasteiger partial charge in [-0.3, -0.25) is 0 Å². The van der Waals surface area contributed by atoms with Crippen molar-refractivity contribution in [1.29, 1.82) is 0 Å². The fourth-order valence-corrected chi connectivity index (χ4v) is 0.918. The fourth-order valence-electron chi connectivity index (χ4n) is 0.918. The average molecular weight is 172 g/mol. The summed E-state index contributed by atoms with van der Waals surface area (Å²) in [5, 5.41) is 10.4. The molecule has 0 radical (unpaired) electrons. The van der Waals surface area contributed by atoms with Crippen LogP contribution in [0.15, 0.2) is 24.3 Å². The van der Waals surface area contributed by atoms with Crippen LogP contribution in [-0.4, -0.2) is 5.97 Å². The number of aromatic carboxylic acids is 1. The number of hydrogen-bond donors (Lipinski definition) is 0. The van der Waals surface area contributed by atoms with Gasteiger partial charge in [0.15, 0.2) is 0 Å². The van der Waals surface area contributed by atoms with E-state index in [0.29, 0.717) is 0 Å². The van der Waals surface area contributed by atoms with Crippen molar-refractivity contribution in [1.82, 2.24) is 0 Å². The molecular weight excluding hydrogens is 163 g/mol. The van der Waals surface area contributed by atoms with E-state index < -0.39 is 5.97 Å². The van der Waals surface area contributed by atoms with E-state index in [4.69, 9.17) is 0 Å². The fraction of sp³-hybridized carbons (Fsp3) is 0.222. The SMILES string of the molecule is CCc1cccc(C(=O)[O-])c1.[Na+]. The molecule has 3 heteroatoms. The minimum atomic E-state index is -1.11. The molecule has 0 aliphatic carbocycles. The Hall–Kier alpha value is -0.310. The zero-order chi connectivity index (χ0) is 8.27. The van der Waals surface area contributed by atoms with Crippen LogP contribution < -0.4 is 34.7 Å². The molecule has 0 aliphatic heterocycles. The second kappa shape index (κ2) is 5.36. The van der Waals surface area contributed by atoms with Gasteiger partial charge in [0.2, 0.25) is 0 Å². The zero-order valence-electron chi connectivity index (χ0n) is 7.33. The number of aryl methyl sites for hydroxylation is 1. The molecule has 0 saturated heterocycles. The van der Waals surface area contributed by atoms with Gasteiger partial charge in [0.05, 0.1) is 5.97 Å². The Balaban J connectivity index is 0.00000121. The van der Waals surface area contributed by atoms with Crippen molar-refractivity contribution in [3.8, 4) is 0 Å². The third-order valence-corrected chi connectivity index (χ3v) is 1.57. The van der Waals surface area contributed by atoms with Crippen molar-refractivity contribution in [2.45, 2.75) is 13.3 Å². The van der Waals surface area contributed by atoms with Gasteiger partial charge in [-0.1, -0.05) is 25.1 Å². The van der Waals surface area contributed by atoms with E-state index in [1.54, 1.807) is 12.1 Å². The molecule has 0 unspecified atom stereocenters. The molecule has 2 nitrogen and oxygen atoms in total. The summed E-state index contributed by atoms with van der Waals surface area (Å²) in [6, 6.07) is 6.79. The molecule has 12 heavy (non-hydrogen) atoms. The van der Waals surface area contributed by atoms with E-state index in [1.807, 2.05) is 13.0 Å². The molecule has 0 aliphatic rings. The van der Waals surface area contributed by atoms with Crippen molar-refractivity contribution in [2.24, 2.45) is 0 Å². The first kappa shape index (κ1) is 11.7. The number of carboxylic acid groups (broad SMARTS) is 1. The summed E-state index contributed by atoms with van der Waals surface area (Å²) in [5.74, 6) is -1.11. The monoisotopic (exact) mass is 172 g/mol. The van der Waals surface area contributed by atoms with E-state index in [9.17, 15) is 9.90 Å². The van der Waals surface area contributed by atoms with Gasteiger partial charge in [0.25, 0.3) is 0 Å². The molecule has 1 aromatic rings. The topological polar surface area (TPSA) is 40.1 Å². The van der Waals surface area contributed by atoms with Crippen molar-refractivity contribution >= 4 is 5.97 Å². The van der Waals surface area contributed by atoms with Gasteiger partial charge >= 0.3 is 29.6 Å². The van der Waals surface area contributed by atoms with E-state index >= 15 is 0 Å². The molecule has 1 aromatic carbocycles. The molecule has 58 valence electrons. The minimum absolute atomic E-state index is 0. The molecule has 0 atom stereocenters. The number of hydrogen-bond acceptors (Lipinski definition) is 2. The van der Waals surface area contributed by atoms with Crippen LogP contribution in [0.25, 0.3) is 0 Å². The summed E-state index contributed by atoms with van der Waals surface area (Å²) in [6.45, 7) is 1.98. The minimum Gasteiger partial charge on any atom is -0.545 e. The summed E-state index contributed by atoms with van der Waals surface area (Å²) in [5.41, 5.74) is 1.27. The van der Waals surface area contributed by atoms with Crippen LogP contribution in [0.2, 0.25) is 0 Å². The van der Waals surface area contributed by atoms with Crippen LogP contribution in [-0.2, 0) is 6.42 Å². The third kappa shape index (κ3) is 2.97. The van der Waals surface area contributed by atoms with Gasteiger partial charge in [-0.15, -0.1) is 0 Å². The van der Waals surface area contributed by atoms with E-state index in [0.717, 1.165) is 12.0 Å². The van der Waals surface area contributed by atoms with Gasteiger partial charge in [0, 0.05) is 0 Å². The van der Waals surface area contributed by atoms with Crippen LogP contribution in [0, 0.1) is 0 Å². The number of rotatable bonds is 2. The molecule has 0 fully saturated rings. The maximum absolute atomic E-state index is 10.4. The molecule has 0 aromatic heterocycles. The zero-order valence-corrected chi connectivity index (χ0v) is 9.33. The predicted molar refractivity (Wildman–Crippen MR) is 40.2 cm³/mol. The van der Waals surface area contributed by atoms with Crippen molar-refractivity contribution in [3.05, 3.63) is 35.4 Å². The number of benzene rings is 1. The first-order chi connectivity index (χ1) is 5.24. The molecular formula is C9H9NaO2. The Morgan fingerprint density at radius 2 is 2.17 bits per heavy atom. The maximum atomic E-state index is 10.4. The molecule has 1 rings (SSSR count). The van der Waals surface area contributed by atoms with Crippen molar-refractivity contribution in [2.75, 3.05) is 0 Å². The Bertz CT molecular complexity index is 271. The van der Waals surface area contributed by atoms with Gasteiger partial charge in [0.1, 0.15) is 0 Å². The smallest absolute Gasteiger partial charge is 0.545 e. The maximum Gasteiger partial charge on any atom is 1.00 e. The van der Waals surface area contributed by atoms with Gasteiger partial charge < -0.3 is 9.90 Å². The molecule has 0 saturated carbocycles. The van der Waals surface area contributed by atoms with Gasteiger partial charge in [-0.25, -0.2) is 0 Å². The summed E-state index contributed by atoms with van der Waals surface area (Å²) >= 11 is 0. The normalized spacial score (nSPS) is 8.75. The quantitative estimate of drug-likeness (QED) is 0.467. The summed E-state index contributed by atoms with van der Waals surface area (Å²) in [7, 11) is 0.